The molecule has 142 valence electrons. The van der Waals surface area contributed by atoms with Crippen LogP contribution < -0.4 is 10.2 Å². The van der Waals surface area contributed by atoms with Gasteiger partial charge >= 0.3 is 6.36 Å². The minimum absolute atomic E-state index is 0.200. The highest BCUT2D eigenvalue weighted by Gasteiger charge is 2.32. The number of carbonyl (C=O) groups is 1. The lowest BCUT2D eigenvalue weighted by Gasteiger charge is -2.41. The van der Waals surface area contributed by atoms with Crippen molar-refractivity contribution in [2.75, 3.05) is 13.1 Å². The lowest BCUT2D eigenvalue weighted by molar-refractivity contribution is -0.274. The number of nitrogens with one attached hydrogen (secondary N) is 1. The van der Waals surface area contributed by atoms with Gasteiger partial charge < -0.3 is 4.74 Å². The molecule has 2 aliphatic rings. The Morgan fingerprint density at radius 2 is 1.88 bits per heavy atom. The zero-order valence-electron chi connectivity index (χ0n) is 14.5. The Bertz CT molecular complexity index is 660. The summed E-state index contributed by atoms with van der Waals surface area (Å²) in [6, 6.07) is 5.73. The molecule has 4 nitrogen and oxygen atoms in total. The van der Waals surface area contributed by atoms with Gasteiger partial charge in [0.1, 0.15) is 5.75 Å². The number of piperidine rings is 1. The molecule has 1 saturated carbocycles. The van der Waals surface area contributed by atoms with E-state index in [1.807, 2.05) is 5.01 Å². The highest BCUT2D eigenvalue weighted by molar-refractivity contribution is 5.91. The van der Waals surface area contributed by atoms with Crippen molar-refractivity contribution in [3.05, 3.63) is 35.9 Å². The molecule has 1 saturated heterocycles. The number of rotatable bonds is 4. The summed E-state index contributed by atoms with van der Waals surface area (Å²) in [5.41, 5.74) is 3.03. The molecule has 1 aliphatic carbocycles. The number of ether oxygens (including phenoxy) is 1. The predicted molar refractivity (Wildman–Crippen MR) is 91.9 cm³/mol. The predicted octanol–water partition coefficient (Wildman–Crippen LogP) is 4.14. The maximum Gasteiger partial charge on any atom is 0.573 e. The van der Waals surface area contributed by atoms with E-state index >= 15 is 0 Å². The number of hydrogen-bond acceptors (Lipinski definition) is 3. The number of hydrazine groups is 1. The van der Waals surface area contributed by atoms with Gasteiger partial charge in [0.15, 0.2) is 0 Å². The SMILES string of the molecule is O=C(/C=C/c1ccccc1OC(F)(F)F)NN1CCC2CCCCC2C1. The summed E-state index contributed by atoms with van der Waals surface area (Å²) in [6.45, 7) is 1.66. The van der Waals surface area contributed by atoms with Crippen molar-refractivity contribution < 1.29 is 22.7 Å². The first-order valence-corrected chi connectivity index (χ1v) is 8.99. The summed E-state index contributed by atoms with van der Waals surface area (Å²) in [6.07, 6.45) is 3.93. The molecule has 2 unspecified atom stereocenters. The molecule has 1 aliphatic heterocycles. The fourth-order valence-corrected chi connectivity index (χ4v) is 3.90. The van der Waals surface area contributed by atoms with Crippen molar-refractivity contribution in [3.8, 4) is 5.75 Å². The topological polar surface area (TPSA) is 41.6 Å². The second kappa shape index (κ2) is 8.12. The van der Waals surface area contributed by atoms with Crippen LogP contribution in [0.25, 0.3) is 6.08 Å². The standard InChI is InChI=1S/C19H23F3N2O2/c20-19(21,22)26-17-8-4-3-6-15(17)9-10-18(25)23-24-12-11-14-5-1-2-7-16(14)13-24/h3-4,6,8-10,14,16H,1-2,5,7,11-13H2,(H,23,25)/b10-9+. The summed E-state index contributed by atoms with van der Waals surface area (Å²) in [4.78, 5) is 12.1. The van der Waals surface area contributed by atoms with Gasteiger partial charge in [0.25, 0.3) is 5.91 Å². The molecule has 0 spiro atoms. The normalized spacial score (nSPS) is 24.3. The van der Waals surface area contributed by atoms with Crippen LogP contribution in [0.2, 0.25) is 0 Å². The second-order valence-corrected chi connectivity index (χ2v) is 6.93. The van der Waals surface area contributed by atoms with Crippen LogP contribution in [0.5, 0.6) is 5.75 Å². The van der Waals surface area contributed by atoms with E-state index in [-0.39, 0.29) is 17.2 Å². The molecule has 3 rings (SSSR count). The number of nitrogens with zero attached hydrogens (tertiary/aromatic N) is 1. The van der Waals surface area contributed by atoms with Crippen molar-refractivity contribution in [1.29, 1.82) is 0 Å². The van der Waals surface area contributed by atoms with E-state index in [1.54, 1.807) is 6.07 Å². The van der Waals surface area contributed by atoms with E-state index in [2.05, 4.69) is 10.2 Å². The molecule has 26 heavy (non-hydrogen) atoms. The van der Waals surface area contributed by atoms with Crippen LogP contribution >= 0.6 is 0 Å². The molecule has 2 atom stereocenters. The fraction of sp³-hybridized carbons (Fsp3) is 0.526. The number of fused-ring (bicyclic) bond motifs is 1. The Morgan fingerprint density at radius 3 is 2.65 bits per heavy atom. The Morgan fingerprint density at radius 1 is 1.15 bits per heavy atom. The highest BCUT2D eigenvalue weighted by atomic mass is 19.4. The van der Waals surface area contributed by atoms with Gasteiger partial charge in [-0.15, -0.1) is 13.2 Å². The smallest absolute Gasteiger partial charge is 0.405 e. The summed E-state index contributed by atoms with van der Waals surface area (Å²) < 4.78 is 41.3. The van der Waals surface area contributed by atoms with E-state index in [9.17, 15) is 18.0 Å². The summed E-state index contributed by atoms with van der Waals surface area (Å²) >= 11 is 0. The molecule has 1 amide bonds. The zero-order valence-corrected chi connectivity index (χ0v) is 14.5. The highest BCUT2D eigenvalue weighted by Crippen LogP contribution is 2.35. The third-order valence-electron chi connectivity index (χ3n) is 5.12. The molecular weight excluding hydrogens is 345 g/mol. The number of para-hydroxylation sites is 1. The third kappa shape index (κ3) is 5.24. The third-order valence-corrected chi connectivity index (χ3v) is 5.12. The first-order valence-electron chi connectivity index (χ1n) is 8.99. The molecule has 0 radical (unpaired) electrons. The molecule has 2 fully saturated rings. The first kappa shape index (κ1) is 18.8. The number of hydrogen-bond donors (Lipinski definition) is 1. The fourth-order valence-electron chi connectivity index (χ4n) is 3.90. The van der Waals surface area contributed by atoms with Gasteiger partial charge in [-0.1, -0.05) is 37.5 Å². The molecule has 0 aromatic heterocycles. The Kier molecular flexibility index (Phi) is 5.86. The van der Waals surface area contributed by atoms with Gasteiger partial charge in [-0.05, 0) is 36.8 Å². The summed E-state index contributed by atoms with van der Waals surface area (Å²) in [5, 5.41) is 1.93. The van der Waals surface area contributed by atoms with Crippen molar-refractivity contribution in [3.63, 3.8) is 0 Å². The molecule has 0 bridgehead atoms. The van der Waals surface area contributed by atoms with Gasteiger partial charge in [-0.25, -0.2) is 5.01 Å². The Hall–Kier alpha value is -2.02. The van der Waals surface area contributed by atoms with Gasteiger partial charge in [-0.2, -0.15) is 0 Å². The van der Waals surface area contributed by atoms with E-state index < -0.39 is 6.36 Å². The Labute approximate surface area is 151 Å². The van der Waals surface area contributed by atoms with Gasteiger partial charge in [0, 0.05) is 24.7 Å². The number of alkyl halides is 3. The summed E-state index contributed by atoms with van der Waals surface area (Å²) in [5.74, 6) is 0.717. The van der Waals surface area contributed by atoms with E-state index in [1.165, 1.54) is 56.0 Å². The molecule has 1 aromatic rings. The second-order valence-electron chi connectivity index (χ2n) is 6.93. The lowest BCUT2D eigenvalue weighted by Crippen LogP contribution is -2.50. The average molecular weight is 368 g/mol. The van der Waals surface area contributed by atoms with Crippen molar-refractivity contribution >= 4 is 12.0 Å². The maximum absolute atomic E-state index is 12.4. The molecular formula is C19H23F3N2O2. The van der Waals surface area contributed by atoms with E-state index in [4.69, 9.17) is 0 Å². The zero-order chi connectivity index (χ0) is 18.6. The van der Waals surface area contributed by atoms with Gasteiger partial charge in [-0.3, -0.25) is 10.2 Å². The largest absolute Gasteiger partial charge is 0.573 e. The first-order chi connectivity index (χ1) is 12.4. The average Bonchev–Trinajstić information content (AvgIpc) is 2.59. The monoisotopic (exact) mass is 368 g/mol. The van der Waals surface area contributed by atoms with Crippen molar-refractivity contribution in [1.82, 2.24) is 10.4 Å². The van der Waals surface area contributed by atoms with Crippen molar-refractivity contribution in [2.24, 2.45) is 11.8 Å². The van der Waals surface area contributed by atoms with Crippen LogP contribution in [0.1, 0.15) is 37.7 Å². The van der Waals surface area contributed by atoms with Crippen LogP contribution in [0, 0.1) is 11.8 Å². The van der Waals surface area contributed by atoms with Gasteiger partial charge in [0.2, 0.25) is 0 Å². The minimum atomic E-state index is -4.77. The molecule has 1 aromatic carbocycles. The van der Waals surface area contributed by atoms with Crippen LogP contribution in [0.4, 0.5) is 13.2 Å². The lowest BCUT2D eigenvalue weighted by atomic mass is 9.75. The van der Waals surface area contributed by atoms with Crippen LogP contribution in [0.15, 0.2) is 30.3 Å². The summed E-state index contributed by atoms with van der Waals surface area (Å²) in [7, 11) is 0. The number of carbonyl (C=O) groups excluding carboxylic acids is 1. The number of halogens is 3. The quantitative estimate of drug-likeness (QED) is 0.812. The molecule has 7 heteroatoms. The maximum atomic E-state index is 12.4. The van der Waals surface area contributed by atoms with Crippen LogP contribution in [-0.2, 0) is 4.79 Å². The molecule has 1 N–H and O–H groups in total. The minimum Gasteiger partial charge on any atom is -0.405 e. The van der Waals surface area contributed by atoms with Crippen LogP contribution in [-0.4, -0.2) is 30.4 Å². The number of benzene rings is 1. The Balaban J connectivity index is 1.57. The van der Waals surface area contributed by atoms with Crippen molar-refractivity contribution in [2.45, 2.75) is 38.5 Å². The van der Waals surface area contributed by atoms with Crippen LogP contribution in [0.3, 0.4) is 0 Å². The number of amides is 1. The van der Waals surface area contributed by atoms with Gasteiger partial charge in [0.05, 0.1) is 0 Å². The van der Waals surface area contributed by atoms with E-state index in [0.717, 1.165) is 25.4 Å². The molecule has 1 heterocycles. The van der Waals surface area contributed by atoms with E-state index in [0.29, 0.717) is 5.92 Å².